The Morgan fingerprint density at radius 2 is 1.95 bits per heavy atom. The summed E-state index contributed by atoms with van der Waals surface area (Å²) >= 11 is 1.14. The Kier molecular flexibility index (Phi) is 4.49. The number of carbonyl (C=O) groups is 2. The molecule has 0 radical (unpaired) electrons. The molecule has 0 fully saturated rings. The smallest absolute Gasteiger partial charge is 0.371 e. The van der Waals surface area contributed by atoms with E-state index in [1.54, 1.807) is 23.6 Å². The number of aliphatic carboxylic acids is 1. The van der Waals surface area contributed by atoms with Crippen molar-refractivity contribution in [2.24, 2.45) is 0 Å². The van der Waals surface area contributed by atoms with E-state index in [1.807, 2.05) is 0 Å². The van der Waals surface area contributed by atoms with Crippen molar-refractivity contribution in [2.75, 3.05) is 0 Å². The molecule has 0 aliphatic carbocycles. The van der Waals surface area contributed by atoms with Crippen LogP contribution >= 0.6 is 11.3 Å². The lowest BCUT2D eigenvalue weighted by Crippen LogP contribution is -2.02. The first-order valence-electron chi connectivity index (χ1n) is 5.96. The van der Waals surface area contributed by atoms with Crippen molar-refractivity contribution in [3.05, 3.63) is 69.4 Å². The molecule has 21 heavy (non-hydrogen) atoms. The summed E-state index contributed by atoms with van der Waals surface area (Å²) in [4.78, 5) is 22.5. The highest BCUT2D eigenvalue weighted by molar-refractivity contribution is 7.12. The third kappa shape index (κ3) is 4.00. The lowest BCUT2D eigenvalue weighted by molar-refractivity contribution is -0.135. The van der Waals surface area contributed by atoms with Gasteiger partial charge in [0.15, 0.2) is 5.78 Å². The second-order valence-electron chi connectivity index (χ2n) is 4.32. The summed E-state index contributed by atoms with van der Waals surface area (Å²) in [5, 5.41) is 19.3. The number of thiophene rings is 1. The van der Waals surface area contributed by atoms with E-state index in [-0.39, 0.29) is 5.82 Å². The van der Waals surface area contributed by atoms with Gasteiger partial charge in [-0.15, -0.1) is 11.3 Å². The molecule has 0 saturated carbocycles. The molecule has 2 rings (SSSR count). The number of allylic oxidation sites excluding steroid dienone is 1. The Morgan fingerprint density at radius 1 is 1.19 bits per heavy atom. The van der Waals surface area contributed by atoms with Gasteiger partial charge in [-0.1, -0.05) is 12.1 Å². The number of carboxylic acid groups (broad SMARTS) is 1. The molecule has 1 heterocycles. The lowest BCUT2D eigenvalue weighted by Gasteiger charge is -1.98. The van der Waals surface area contributed by atoms with Crippen LogP contribution < -0.4 is 0 Å². The predicted molar refractivity (Wildman–Crippen MR) is 76.2 cm³/mol. The van der Waals surface area contributed by atoms with Gasteiger partial charge in [0.1, 0.15) is 5.82 Å². The van der Waals surface area contributed by atoms with Crippen LogP contribution in [0.1, 0.15) is 20.8 Å². The molecule has 2 N–H and O–H groups in total. The van der Waals surface area contributed by atoms with Gasteiger partial charge >= 0.3 is 5.97 Å². The predicted octanol–water partition coefficient (Wildman–Crippen LogP) is 3.19. The first-order chi connectivity index (χ1) is 9.95. The highest BCUT2D eigenvalue weighted by atomic mass is 32.1. The Morgan fingerprint density at radius 3 is 2.62 bits per heavy atom. The van der Waals surface area contributed by atoms with Gasteiger partial charge in [-0.2, -0.15) is 0 Å². The van der Waals surface area contributed by atoms with Crippen LogP contribution in [0.3, 0.4) is 0 Å². The molecule has 1 aromatic heterocycles. The van der Waals surface area contributed by atoms with Crippen molar-refractivity contribution in [2.45, 2.75) is 6.42 Å². The number of benzene rings is 1. The normalized spacial score (nSPS) is 11.4. The van der Waals surface area contributed by atoms with Crippen molar-refractivity contribution < 1.29 is 24.2 Å². The largest absolute Gasteiger partial charge is 0.502 e. The lowest BCUT2D eigenvalue weighted by atomic mass is 10.1. The maximum absolute atomic E-state index is 13.1. The van der Waals surface area contributed by atoms with Crippen LogP contribution in [-0.2, 0) is 11.2 Å². The third-order valence-electron chi connectivity index (χ3n) is 2.68. The Hall–Kier alpha value is -2.47. The van der Waals surface area contributed by atoms with Gasteiger partial charge in [0, 0.05) is 6.08 Å². The molecule has 108 valence electrons. The second kappa shape index (κ2) is 6.32. The molecule has 2 aromatic rings. The maximum Gasteiger partial charge on any atom is 0.371 e. The number of halogens is 1. The van der Waals surface area contributed by atoms with E-state index in [4.69, 9.17) is 10.2 Å². The first kappa shape index (κ1) is 14.9. The number of hydrogen-bond donors (Lipinski definition) is 2. The Labute approximate surface area is 123 Å². The van der Waals surface area contributed by atoms with Crippen LogP contribution in [0.5, 0.6) is 0 Å². The van der Waals surface area contributed by atoms with Crippen LogP contribution in [0.4, 0.5) is 4.39 Å². The second-order valence-corrected chi connectivity index (χ2v) is 5.24. The van der Waals surface area contributed by atoms with Crippen molar-refractivity contribution in [3.8, 4) is 0 Å². The summed E-state index contributed by atoms with van der Waals surface area (Å²) in [5.41, 5.74) is 1.59. The van der Waals surface area contributed by atoms with Crippen molar-refractivity contribution in [1.29, 1.82) is 0 Å². The van der Waals surface area contributed by atoms with Gasteiger partial charge in [-0.05, 0) is 41.1 Å². The van der Waals surface area contributed by atoms with E-state index in [0.717, 1.165) is 22.5 Å². The Balaban J connectivity index is 2.13. The number of rotatable bonds is 5. The molecular formula is C15H11FO4S. The number of hydrogen-bond acceptors (Lipinski definition) is 4. The van der Waals surface area contributed by atoms with Crippen LogP contribution in [0.25, 0.3) is 0 Å². The average Bonchev–Trinajstić information content (AvgIpc) is 2.87. The monoisotopic (exact) mass is 306 g/mol. The summed E-state index contributed by atoms with van der Waals surface area (Å²) in [6, 6.07) is 7.75. The standard InChI is InChI=1S/C15H11FO4S/c16-11-3-1-2-9(5-11)4-10-6-14(21-8-10)12(17)7-13(18)15(19)20/h1-3,5-8,18H,4H2,(H,19,20). The zero-order chi connectivity index (χ0) is 15.4. The average molecular weight is 306 g/mol. The quantitative estimate of drug-likeness (QED) is 0.505. The summed E-state index contributed by atoms with van der Waals surface area (Å²) in [6.45, 7) is 0. The number of carboxylic acids is 1. The van der Waals surface area contributed by atoms with Gasteiger partial charge in [0.2, 0.25) is 5.76 Å². The molecule has 0 aliphatic rings. The molecule has 0 unspecified atom stereocenters. The van der Waals surface area contributed by atoms with Crippen LogP contribution in [-0.4, -0.2) is 22.0 Å². The van der Waals surface area contributed by atoms with Gasteiger partial charge in [-0.25, -0.2) is 9.18 Å². The highest BCUT2D eigenvalue weighted by Crippen LogP contribution is 2.19. The molecule has 4 nitrogen and oxygen atoms in total. The summed E-state index contributed by atoms with van der Waals surface area (Å²) < 4.78 is 13.1. The third-order valence-corrected chi connectivity index (χ3v) is 3.67. The van der Waals surface area contributed by atoms with Crippen molar-refractivity contribution in [1.82, 2.24) is 0 Å². The minimum absolute atomic E-state index is 0.314. The van der Waals surface area contributed by atoms with Gasteiger partial charge in [-0.3, -0.25) is 4.79 Å². The minimum Gasteiger partial charge on any atom is -0.502 e. The van der Waals surface area contributed by atoms with E-state index >= 15 is 0 Å². The summed E-state index contributed by atoms with van der Waals surface area (Å²) in [7, 11) is 0. The first-order valence-corrected chi connectivity index (χ1v) is 6.84. The molecular weight excluding hydrogens is 295 g/mol. The molecule has 0 atom stereocenters. The molecule has 0 amide bonds. The number of aliphatic hydroxyl groups is 1. The highest BCUT2D eigenvalue weighted by Gasteiger charge is 2.12. The summed E-state index contributed by atoms with van der Waals surface area (Å²) in [5.74, 6) is -3.46. The topological polar surface area (TPSA) is 74.6 Å². The zero-order valence-electron chi connectivity index (χ0n) is 10.7. The van der Waals surface area contributed by atoms with E-state index in [2.05, 4.69) is 0 Å². The number of ketones is 1. The van der Waals surface area contributed by atoms with Crippen LogP contribution in [0, 0.1) is 5.82 Å². The van der Waals surface area contributed by atoms with E-state index < -0.39 is 17.5 Å². The number of carbonyl (C=O) groups excluding carboxylic acids is 1. The summed E-state index contributed by atoms with van der Waals surface area (Å²) in [6.07, 6.45) is 1.14. The molecule has 1 aromatic carbocycles. The minimum atomic E-state index is -1.56. The van der Waals surface area contributed by atoms with Crippen molar-refractivity contribution in [3.63, 3.8) is 0 Å². The molecule has 0 spiro atoms. The van der Waals surface area contributed by atoms with Crippen LogP contribution in [0.15, 0.2) is 47.5 Å². The van der Waals surface area contributed by atoms with Gasteiger partial charge in [0.25, 0.3) is 0 Å². The number of aliphatic hydroxyl groups excluding tert-OH is 1. The van der Waals surface area contributed by atoms with Gasteiger partial charge in [0.05, 0.1) is 4.88 Å². The fraction of sp³-hybridized carbons (Fsp3) is 0.0667. The van der Waals surface area contributed by atoms with Crippen molar-refractivity contribution >= 4 is 23.1 Å². The Bertz CT molecular complexity index is 718. The fourth-order valence-corrected chi connectivity index (χ4v) is 2.56. The van der Waals surface area contributed by atoms with Crippen LogP contribution in [0.2, 0.25) is 0 Å². The molecule has 6 heteroatoms. The molecule has 0 aliphatic heterocycles. The molecule has 0 saturated heterocycles. The van der Waals surface area contributed by atoms with E-state index in [1.165, 1.54) is 12.1 Å². The SMILES string of the molecule is O=C(O)C(O)=CC(=O)c1cc(Cc2cccc(F)c2)cs1. The van der Waals surface area contributed by atoms with E-state index in [0.29, 0.717) is 17.4 Å². The fourth-order valence-electron chi connectivity index (χ4n) is 1.74. The maximum atomic E-state index is 13.1. The zero-order valence-corrected chi connectivity index (χ0v) is 11.6. The van der Waals surface area contributed by atoms with Gasteiger partial charge < -0.3 is 10.2 Å². The molecule has 0 bridgehead atoms. The van der Waals surface area contributed by atoms with E-state index in [9.17, 15) is 14.0 Å².